The van der Waals surface area contributed by atoms with Crippen molar-refractivity contribution in [2.24, 2.45) is 0 Å². The molecule has 1 saturated heterocycles. The summed E-state index contributed by atoms with van der Waals surface area (Å²) in [6.07, 6.45) is 1.37. The lowest BCUT2D eigenvalue weighted by atomic mass is 9.72. The van der Waals surface area contributed by atoms with Gasteiger partial charge in [-0.15, -0.1) is 0 Å². The average Bonchev–Trinajstić information content (AvgIpc) is 3.04. The third kappa shape index (κ3) is 2.62. The lowest BCUT2D eigenvalue weighted by Crippen LogP contribution is -2.41. The van der Waals surface area contributed by atoms with E-state index < -0.39 is 5.92 Å². The first-order valence-electron chi connectivity index (χ1n) is 8.48. The summed E-state index contributed by atoms with van der Waals surface area (Å²) < 4.78 is 31.8. The number of hydrogen-bond acceptors (Lipinski definition) is 4. The molecular weight excluding hydrogens is 312 g/mol. The molecule has 2 aliphatic rings. The highest BCUT2D eigenvalue weighted by Crippen LogP contribution is 2.48. The molecule has 0 atom stereocenters. The molecule has 1 N–H and O–H groups in total. The fourth-order valence-electron chi connectivity index (χ4n) is 3.79. The summed E-state index contributed by atoms with van der Waals surface area (Å²) >= 11 is 0. The normalized spacial score (nSPS) is 23.0. The Hall–Kier alpha value is -1.82. The SMILES string of the molecule is Cc1ccc(C2(c3nc(C4CC(F)(F)C4)no3)CCNCC2)cc1. The van der Waals surface area contributed by atoms with Gasteiger partial charge in [-0.1, -0.05) is 35.0 Å². The number of rotatable bonds is 3. The van der Waals surface area contributed by atoms with E-state index >= 15 is 0 Å². The second-order valence-corrected chi connectivity index (χ2v) is 7.12. The number of benzene rings is 1. The zero-order chi connectivity index (χ0) is 16.8. The van der Waals surface area contributed by atoms with Gasteiger partial charge in [-0.05, 0) is 38.4 Å². The quantitative estimate of drug-likeness (QED) is 0.933. The van der Waals surface area contributed by atoms with Gasteiger partial charge in [0.1, 0.15) is 0 Å². The van der Waals surface area contributed by atoms with E-state index in [-0.39, 0.29) is 24.2 Å². The highest BCUT2D eigenvalue weighted by Gasteiger charge is 2.49. The minimum absolute atomic E-state index is 0.176. The predicted octanol–water partition coefficient (Wildman–Crippen LogP) is 3.56. The smallest absolute Gasteiger partial charge is 0.249 e. The maximum Gasteiger partial charge on any atom is 0.249 e. The van der Waals surface area contributed by atoms with Gasteiger partial charge in [0.15, 0.2) is 5.82 Å². The molecule has 2 heterocycles. The maximum absolute atomic E-state index is 13.1. The van der Waals surface area contributed by atoms with Crippen LogP contribution in [0.5, 0.6) is 0 Å². The lowest BCUT2D eigenvalue weighted by Gasteiger charge is -2.35. The standard InChI is InChI=1S/C18H21F2N3O/c1-12-2-4-14(5-3-12)17(6-8-21-9-7-17)16-22-15(23-24-16)13-10-18(19,20)11-13/h2-5,13,21H,6-11H2,1H3. The molecule has 128 valence electrons. The third-order valence-corrected chi connectivity index (χ3v) is 5.37. The molecule has 4 rings (SSSR count). The molecule has 6 heteroatoms. The Morgan fingerprint density at radius 1 is 1.12 bits per heavy atom. The summed E-state index contributed by atoms with van der Waals surface area (Å²) in [4.78, 5) is 4.55. The Morgan fingerprint density at radius 3 is 2.42 bits per heavy atom. The van der Waals surface area contributed by atoms with Crippen LogP contribution in [0.3, 0.4) is 0 Å². The number of alkyl halides is 2. The van der Waals surface area contributed by atoms with Crippen molar-refractivity contribution in [2.75, 3.05) is 13.1 Å². The molecule has 1 saturated carbocycles. The van der Waals surface area contributed by atoms with Crippen LogP contribution in [0.25, 0.3) is 0 Å². The van der Waals surface area contributed by atoms with Gasteiger partial charge >= 0.3 is 0 Å². The van der Waals surface area contributed by atoms with Gasteiger partial charge in [0.05, 0.1) is 5.41 Å². The Balaban J connectivity index is 1.67. The van der Waals surface area contributed by atoms with Crippen LogP contribution in [0.2, 0.25) is 0 Å². The number of hydrogen-bond donors (Lipinski definition) is 1. The van der Waals surface area contributed by atoms with E-state index in [4.69, 9.17) is 4.52 Å². The van der Waals surface area contributed by atoms with E-state index in [1.807, 2.05) is 0 Å². The summed E-state index contributed by atoms with van der Waals surface area (Å²) in [5, 5.41) is 7.39. The highest BCUT2D eigenvalue weighted by atomic mass is 19.3. The number of piperidine rings is 1. The van der Waals surface area contributed by atoms with Crippen molar-refractivity contribution in [3.05, 3.63) is 47.1 Å². The molecule has 0 spiro atoms. The molecule has 0 unspecified atom stereocenters. The lowest BCUT2D eigenvalue weighted by molar-refractivity contribution is -0.0888. The Bertz CT molecular complexity index is 712. The van der Waals surface area contributed by atoms with Gasteiger partial charge in [-0.2, -0.15) is 4.98 Å². The Kier molecular flexibility index (Phi) is 3.67. The van der Waals surface area contributed by atoms with E-state index in [1.54, 1.807) is 0 Å². The van der Waals surface area contributed by atoms with E-state index in [9.17, 15) is 8.78 Å². The van der Waals surface area contributed by atoms with Crippen molar-refractivity contribution in [1.82, 2.24) is 15.5 Å². The molecule has 2 fully saturated rings. The number of nitrogens with zero attached hydrogens (tertiary/aromatic N) is 2. The van der Waals surface area contributed by atoms with E-state index in [0.29, 0.717) is 11.7 Å². The summed E-state index contributed by atoms with van der Waals surface area (Å²) in [5.74, 6) is -1.86. The first-order chi connectivity index (χ1) is 11.5. The average molecular weight is 333 g/mol. The monoisotopic (exact) mass is 333 g/mol. The van der Waals surface area contributed by atoms with Gasteiger partial charge in [0.2, 0.25) is 11.8 Å². The first-order valence-corrected chi connectivity index (χ1v) is 8.48. The van der Waals surface area contributed by atoms with Crippen LogP contribution in [-0.2, 0) is 5.41 Å². The van der Waals surface area contributed by atoms with Gasteiger partial charge in [0.25, 0.3) is 0 Å². The van der Waals surface area contributed by atoms with Gasteiger partial charge in [0, 0.05) is 18.8 Å². The summed E-state index contributed by atoms with van der Waals surface area (Å²) in [6, 6.07) is 8.40. The molecule has 1 aromatic heterocycles. The molecule has 0 amide bonds. The second-order valence-electron chi connectivity index (χ2n) is 7.12. The van der Waals surface area contributed by atoms with Crippen LogP contribution in [0, 0.1) is 6.92 Å². The second kappa shape index (κ2) is 5.62. The molecule has 1 aromatic carbocycles. The van der Waals surface area contributed by atoms with Crippen LogP contribution in [0.1, 0.15) is 54.4 Å². The predicted molar refractivity (Wildman–Crippen MR) is 85.3 cm³/mol. The molecule has 0 radical (unpaired) electrons. The Labute approximate surface area is 139 Å². The number of aromatic nitrogens is 2. The van der Waals surface area contributed by atoms with Gasteiger partial charge < -0.3 is 9.84 Å². The zero-order valence-corrected chi connectivity index (χ0v) is 13.7. The van der Waals surface area contributed by atoms with Crippen molar-refractivity contribution in [3.8, 4) is 0 Å². The minimum atomic E-state index is -2.57. The van der Waals surface area contributed by atoms with E-state index in [1.165, 1.54) is 5.56 Å². The van der Waals surface area contributed by atoms with Crippen LogP contribution >= 0.6 is 0 Å². The van der Waals surface area contributed by atoms with E-state index in [0.717, 1.165) is 31.5 Å². The third-order valence-electron chi connectivity index (χ3n) is 5.37. The highest BCUT2D eigenvalue weighted by molar-refractivity contribution is 5.35. The number of halogens is 2. The van der Waals surface area contributed by atoms with E-state index in [2.05, 4.69) is 46.6 Å². The first kappa shape index (κ1) is 15.7. The van der Waals surface area contributed by atoms with Crippen molar-refractivity contribution < 1.29 is 13.3 Å². The summed E-state index contributed by atoms with van der Waals surface area (Å²) in [6.45, 7) is 3.79. The topological polar surface area (TPSA) is 51.0 Å². The fourth-order valence-corrected chi connectivity index (χ4v) is 3.79. The molecule has 4 nitrogen and oxygen atoms in total. The molecular formula is C18H21F2N3O. The van der Waals surface area contributed by atoms with Crippen LogP contribution in [0.4, 0.5) is 8.78 Å². The summed E-state index contributed by atoms with van der Waals surface area (Å²) in [5.41, 5.74) is 2.03. The number of nitrogens with one attached hydrogen (secondary N) is 1. The van der Waals surface area contributed by atoms with Crippen LogP contribution < -0.4 is 5.32 Å². The molecule has 24 heavy (non-hydrogen) atoms. The fraction of sp³-hybridized carbons (Fsp3) is 0.556. The summed E-state index contributed by atoms with van der Waals surface area (Å²) in [7, 11) is 0. The van der Waals surface area contributed by atoms with Gasteiger partial charge in [-0.3, -0.25) is 0 Å². The largest absolute Gasteiger partial charge is 0.338 e. The molecule has 1 aliphatic heterocycles. The molecule has 1 aliphatic carbocycles. The van der Waals surface area contributed by atoms with Crippen LogP contribution in [-0.4, -0.2) is 29.2 Å². The van der Waals surface area contributed by atoms with Crippen molar-refractivity contribution in [2.45, 2.75) is 49.9 Å². The Morgan fingerprint density at radius 2 is 1.79 bits per heavy atom. The van der Waals surface area contributed by atoms with Crippen molar-refractivity contribution in [1.29, 1.82) is 0 Å². The van der Waals surface area contributed by atoms with Gasteiger partial charge in [-0.25, -0.2) is 8.78 Å². The zero-order valence-electron chi connectivity index (χ0n) is 13.7. The molecule has 2 aromatic rings. The molecule has 0 bridgehead atoms. The minimum Gasteiger partial charge on any atom is -0.338 e. The maximum atomic E-state index is 13.1. The van der Waals surface area contributed by atoms with Crippen molar-refractivity contribution >= 4 is 0 Å². The number of aryl methyl sites for hydroxylation is 1. The van der Waals surface area contributed by atoms with Crippen LogP contribution in [0.15, 0.2) is 28.8 Å². The van der Waals surface area contributed by atoms with Crippen molar-refractivity contribution in [3.63, 3.8) is 0 Å².